The number of pyridine rings is 1. The average molecular weight is 207 g/mol. The number of aryl methyl sites for hydroxylation is 1. The first-order chi connectivity index (χ1) is 7.24. The maximum absolute atomic E-state index is 9.89. The van der Waals surface area contributed by atoms with Crippen LogP contribution in [0.3, 0.4) is 0 Å². The van der Waals surface area contributed by atoms with Gasteiger partial charge in [0, 0.05) is 12.4 Å². The lowest BCUT2D eigenvalue weighted by Gasteiger charge is -2.17. The Hall–Kier alpha value is -0.890. The maximum atomic E-state index is 9.89. The fourth-order valence-corrected chi connectivity index (χ4v) is 1.79. The van der Waals surface area contributed by atoms with E-state index in [0.29, 0.717) is 5.92 Å². The second-order valence-corrected chi connectivity index (χ2v) is 4.23. The van der Waals surface area contributed by atoms with Crippen molar-refractivity contribution in [1.29, 1.82) is 0 Å². The number of hydrogen-bond acceptors (Lipinski definition) is 2. The van der Waals surface area contributed by atoms with Crippen molar-refractivity contribution in [1.82, 2.24) is 4.98 Å². The Balaban J connectivity index is 2.31. The molecule has 0 aliphatic rings. The van der Waals surface area contributed by atoms with Gasteiger partial charge < -0.3 is 5.11 Å². The van der Waals surface area contributed by atoms with E-state index >= 15 is 0 Å². The van der Waals surface area contributed by atoms with Gasteiger partial charge in [0.05, 0.1) is 6.10 Å². The van der Waals surface area contributed by atoms with Gasteiger partial charge in [0.1, 0.15) is 0 Å². The third-order valence-corrected chi connectivity index (χ3v) is 2.85. The molecule has 0 aliphatic heterocycles. The zero-order chi connectivity index (χ0) is 11.1. The summed E-state index contributed by atoms with van der Waals surface area (Å²) in [5.74, 6) is 0.409. The summed E-state index contributed by atoms with van der Waals surface area (Å²) in [6.45, 7) is 4.28. The molecular weight excluding hydrogens is 186 g/mol. The summed E-state index contributed by atoms with van der Waals surface area (Å²) in [5, 5.41) is 9.89. The molecule has 2 unspecified atom stereocenters. The van der Waals surface area contributed by atoms with Crippen molar-refractivity contribution in [3.8, 4) is 0 Å². The predicted molar refractivity (Wildman–Crippen MR) is 62.6 cm³/mol. The third kappa shape index (κ3) is 4.43. The van der Waals surface area contributed by atoms with Crippen LogP contribution in [0.1, 0.15) is 38.7 Å². The SMILES string of the molecule is CCCC(C)C(O)CCc1cccnc1. The lowest BCUT2D eigenvalue weighted by Crippen LogP contribution is -2.18. The van der Waals surface area contributed by atoms with Crippen LogP contribution < -0.4 is 0 Å². The summed E-state index contributed by atoms with van der Waals surface area (Å²) in [7, 11) is 0. The summed E-state index contributed by atoms with van der Waals surface area (Å²) in [6, 6.07) is 4.00. The highest BCUT2D eigenvalue weighted by Crippen LogP contribution is 2.15. The lowest BCUT2D eigenvalue weighted by molar-refractivity contribution is 0.103. The summed E-state index contributed by atoms with van der Waals surface area (Å²) >= 11 is 0. The standard InChI is InChI=1S/C13H21NO/c1-3-5-11(2)13(15)8-7-12-6-4-9-14-10-12/h4,6,9-11,13,15H,3,5,7-8H2,1-2H3. The smallest absolute Gasteiger partial charge is 0.0568 e. The number of aliphatic hydroxyl groups excluding tert-OH is 1. The Bertz CT molecular complexity index is 260. The van der Waals surface area contributed by atoms with Crippen LogP contribution in [0.25, 0.3) is 0 Å². The molecule has 1 heterocycles. The quantitative estimate of drug-likeness (QED) is 0.778. The molecule has 0 bridgehead atoms. The summed E-state index contributed by atoms with van der Waals surface area (Å²) in [4.78, 5) is 4.06. The van der Waals surface area contributed by atoms with E-state index in [1.165, 1.54) is 5.56 Å². The highest BCUT2D eigenvalue weighted by atomic mass is 16.3. The van der Waals surface area contributed by atoms with Crippen molar-refractivity contribution in [3.05, 3.63) is 30.1 Å². The van der Waals surface area contributed by atoms with E-state index in [1.807, 2.05) is 12.3 Å². The molecule has 0 saturated heterocycles. The van der Waals surface area contributed by atoms with Crippen LogP contribution in [0, 0.1) is 5.92 Å². The molecule has 0 saturated carbocycles. The molecule has 1 aromatic rings. The molecule has 2 atom stereocenters. The Kier molecular flexibility index (Phi) is 5.33. The molecular formula is C13H21NO. The zero-order valence-corrected chi connectivity index (χ0v) is 9.69. The number of aliphatic hydroxyl groups is 1. The monoisotopic (exact) mass is 207 g/mol. The van der Waals surface area contributed by atoms with Gasteiger partial charge >= 0.3 is 0 Å². The summed E-state index contributed by atoms with van der Waals surface area (Å²) in [6.07, 6.45) is 7.48. The van der Waals surface area contributed by atoms with Crippen molar-refractivity contribution in [3.63, 3.8) is 0 Å². The minimum absolute atomic E-state index is 0.176. The summed E-state index contributed by atoms with van der Waals surface area (Å²) < 4.78 is 0. The van der Waals surface area contributed by atoms with Gasteiger partial charge in [-0.1, -0.05) is 26.3 Å². The van der Waals surface area contributed by atoms with Gasteiger partial charge in [0.2, 0.25) is 0 Å². The molecule has 2 heteroatoms. The summed E-state index contributed by atoms with van der Waals surface area (Å²) in [5.41, 5.74) is 1.21. The van der Waals surface area contributed by atoms with Crippen molar-refractivity contribution in [2.75, 3.05) is 0 Å². The van der Waals surface area contributed by atoms with Gasteiger partial charge in [-0.15, -0.1) is 0 Å². The van der Waals surface area contributed by atoms with E-state index in [2.05, 4.69) is 24.9 Å². The van der Waals surface area contributed by atoms with Gasteiger partial charge in [-0.2, -0.15) is 0 Å². The molecule has 0 amide bonds. The molecule has 0 fully saturated rings. The molecule has 15 heavy (non-hydrogen) atoms. The fourth-order valence-electron chi connectivity index (χ4n) is 1.79. The normalized spacial score (nSPS) is 14.9. The maximum Gasteiger partial charge on any atom is 0.0568 e. The predicted octanol–water partition coefficient (Wildman–Crippen LogP) is 2.81. The van der Waals surface area contributed by atoms with Crippen LogP contribution in [-0.2, 0) is 6.42 Å². The first kappa shape index (κ1) is 12.2. The number of aromatic nitrogens is 1. The van der Waals surface area contributed by atoms with E-state index in [-0.39, 0.29) is 6.10 Å². The van der Waals surface area contributed by atoms with Crippen LogP contribution >= 0.6 is 0 Å². The van der Waals surface area contributed by atoms with E-state index in [0.717, 1.165) is 25.7 Å². The Morgan fingerprint density at radius 3 is 2.80 bits per heavy atom. The Morgan fingerprint density at radius 1 is 1.40 bits per heavy atom. The van der Waals surface area contributed by atoms with Gasteiger partial charge in [-0.25, -0.2) is 0 Å². The van der Waals surface area contributed by atoms with Crippen molar-refractivity contribution < 1.29 is 5.11 Å². The largest absolute Gasteiger partial charge is 0.393 e. The molecule has 84 valence electrons. The van der Waals surface area contributed by atoms with Crippen molar-refractivity contribution in [2.45, 2.75) is 45.6 Å². The average Bonchev–Trinajstić information content (AvgIpc) is 2.27. The van der Waals surface area contributed by atoms with Gasteiger partial charge in [0.25, 0.3) is 0 Å². The molecule has 1 N–H and O–H groups in total. The molecule has 0 radical (unpaired) electrons. The van der Waals surface area contributed by atoms with Crippen LogP contribution in [0.5, 0.6) is 0 Å². The fraction of sp³-hybridized carbons (Fsp3) is 0.615. The van der Waals surface area contributed by atoms with E-state index in [1.54, 1.807) is 6.20 Å². The minimum atomic E-state index is -0.176. The van der Waals surface area contributed by atoms with Crippen LogP contribution in [-0.4, -0.2) is 16.2 Å². The van der Waals surface area contributed by atoms with Gasteiger partial charge in [-0.3, -0.25) is 4.98 Å². The van der Waals surface area contributed by atoms with E-state index in [4.69, 9.17) is 0 Å². The van der Waals surface area contributed by atoms with Gasteiger partial charge in [0.15, 0.2) is 0 Å². The second-order valence-electron chi connectivity index (χ2n) is 4.23. The molecule has 0 aliphatic carbocycles. The van der Waals surface area contributed by atoms with Gasteiger partial charge in [-0.05, 0) is 36.8 Å². The topological polar surface area (TPSA) is 33.1 Å². The number of hydrogen-bond donors (Lipinski definition) is 1. The van der Waals surface area contributed by atoms with Crippen LogP contribution in [0.15, 0.2) is 24.5 Å². The third-order valence-electron chi connectivity index (χ3n) is 2.85. The first-order valence-corrected chi connectivity index (χ1v) is 5.81. The highest BCUT2D eigenvalue weighted by Gasteiger charge is 2.12. The Morgan fingerprint density at radius 2 is 2.20 bits per heavy atom. The number of nitrogens with zero attached hydrogens (tertiary/aromatic N) is 1. The van der Waals surface area contributed by atoms with Crippen molar-refractivity contribution >= 4 is 0 Å². The zero-order valence-electron chi connectivity index (χ0n) is 9.69. The van der Waals surface area contributed by atoms with Crippen molar-refractivity contribution in [2.24, 2.45) is 5.92 Å². The van der Waals surface area contributed by atoms with Crippen LogP contribution in [0.2, 0.25) is 0 Å². The molecule has 0 aromatic carbocycles. The van der Waals surface area contributed by atoms with Crippen LogP contribution in [0.4, 0.5) is 0 Å². The second kappa shape index (κ2) is 6.57. The molecule has 2 nitrogen and oxygen atoms in total. The van der Waals surface area contributed by atoms with E-state index in [9.17, 15) is 5.11 Å². The lowest BCUT2D eigenvalue weighted by atomic mass is 9.95. The first-order valence-electron chi connectivity index (χ1n) is 5.81. The highest BCUT2D eigenvalue weighted by molar-refractivity contribution is 5.08. The number of rotatable bonds is 6. The molecule has 1 rings (SSSR count). The molecule has 0 spiro atoms. The molecule has 1 aromatic heterocycles. The minimum Gasteiger partial charge on any atom is -0.393 e. The van der Waals surface area contributed by atoms with E-state index < -0.39 is 0 Å². The Labute approximate surface area is 92.4 Å².